The molecule has 102 valence electrons. The van der Waals surface area contributed by atoms with Crippen molar-refractivity contribution in [2.24, 2.45) is 5.73 Å². The lowest BCUT2D eigenvalue weighted by Gasteiger charge is -2.03. The third-order valence-electron chi connectivity index (χ3n) is 2.63. The van der Waals surface area contributed by atoms with E-state index in [1.807, 2.05) is 6.92 Å². The average molecular weight is 332 g/mol. The average Bonchev–Trinajstić information content (AvgIpc) is 2.86. The first-order valence-electron chi connectivity index (χ1n) is 5.77. The van der Waals surface area contributed by atoms with Crippen molar-refractivity contribution in [2.45, 2.75) is 25.8 Å². The van der Waals surface area contributed by atoms with Crippen LogP contribution in [-0.4, -0.2) is 10.1 Å². The van der Waals surface area contributed by atoms with Crippen LogP contribution >= 0.6 is 15.9 Å². The second-order valence-electron chi connectivity index (χ2n) is 4.07. The van der Waals surface area contributed by atoms with E-state index in [4.69, 9.17) is 10.3 Å². The normalized spacial score (nSPS) is 12.7. The highest BCUT2D eigenvalue weighted by Gasteiger charge is 2.19. The van der Waals surface area contributed by atoms with E-state index in [1.54, 1.807) is 0 Å². The Labute approximate surface area is 117 Å². The van der Waals surface area contributed by atoms with Gasteiger partial charge in [0.15, 0.2) is 11.6 Å². The van der Waals surface area contributed by atoms with Crippen LogP contribution < -0.4 is 5.73 Å². The van der Waals surface area contributed by atoms with Gasteiger partial charge in [0.05, 0.1) is 10.5 Å². The summed E-state index contributed by atoms with van der Waals surface area (Å²) in [6.45, 7) is 1.99. The highest BCUT2D eigenvalue weighted by molar-refractivity contribution is 9.10. The van der Waals surface area contributed by atoms with Gasteiger partial charge in [0, 0.05) is 5.56 Å². The molecule has 7 heteroatoms. The van der Waals surface area contributed by atoms with Crippen LogP contribution in [0.25, 0.3) is 11.4 Å². The van der Waals surface area contributed by atoms with Crippen LogP contribution in [0, 0.1) is 11.6 Å². The summed E-state index contributed by atoms with van der Waals surface area (Å²) in [6.07, 6.45) is 1.59. The van der Waals surface area contributed by atoms with Crippen LogP contribution in [0.4, 0.5) is 8.78 Å². The Hall–Kier alpha value is -1.34. The predicted octanol–water partition coefficient (Wildman–Crippen LogP) is 3.58. The Morgan fingerprint density at radius 3 is 2.84 bits per heavy atom. The van der Waals surface area contributed by atoms with E-state index in [1.165, 1.54) is 6.07 Å². The SMILES string of the molecule is CCC[C@@H](N)c1nc(-c2ccc(F)c(F)c2Br)no1. The van der Waals surface area contributed by atoms with Gasteiger partial charge in [-0.15, -0.1) is 0 Å². The van der Waals surface area contributed by atoms with Crippen LogP contribution in [-0.2, 0) is 0 Å². The summed E-state index contributed by atoms with van der Waals surface area (Å²) < 4.78 is 31.4. The Balaban J connectivity index is 2.36. The molecule has 1 heterocycles. The third-order valence-corrected chi connectivity index (χ3v) is 3.41. The van der Waals surface area contributed by atoms with Crippen molar-refractivity contribution < 1.29 is 13.3 Å². The molecule has 2 N–H and O–H groups in total. The van der Waals surface area contributed by atoms with Crippen molar-refractivity contribution in [1.29, 1.82) is 0 Å². The molecular weight excluding hydrogens is 320 g/mol. The van der Waals surface area contributed by atoms with Gasteiger partial charge in [-0.25, -0.2) is 8.78 Å². The van der Waals surface area contributed by atoms with Crippen LogP contribution in [0.3, 0.4) is 0 Å². The van der Waals surface area contributed by atoms with Crippen molar-refractivity contribution in [1.82, 2.24) is 10.1 Å². The lowest BCUT2D eigenvalue weighted by Crippen LogP contribution is -2.09. The maximum absolute atomic E-state index is 13.4. The molecule has 0 amide bonds. The Bertz CT molecular complexity index is 588. The molecule has 1 aromatic heterocycles. The lowest BCUT2D eigenvalue weighted by atomic mass is 10.2. The quantitative estimate of drug-likeness (QED) is 0.869. The van der Waals surface area contributed by atoms with E-state index in [0.717, 1.165) is 12.5 Å². The van der Waals surface area contributed by atoms with Gasteiger partial charge in [-0.3, -0.25) is 0 Å². The standard InChI is InChI=1S/C12H12BrF2N3O/c1-2-3-8(16)12-17-11(18-19-12)6-4-5-7(14)10(15)9(6)13/h4-5,8H,2-3,16H2,1H3/t8-/m1/s1. The van der Waals surface area contributed by atoms with Gasteiger partial charge in [-0.2, -0.15) is 4.98 Å². The van der Waals surface area contributed by atoms with Crippen molar-refractivity contribution in [3.63, 3.8) is 0 Å². The summed E-state index contributed by atoms with van der Waals surface area (Å²) in [5.41, 5.74) is 6.16. The van der Waals surface area contributed by atoms with Crippen molar-refractivity contribution in [3.8, 4) is 11.4 Å². The minimum Gasteiger partial charge on any atom is -0.337 e. The predicted molar refractivity (Wildman–Crippen MR) is 69.2 cm³/mol. The molecule has 0 bridgehead atoms. The molecule has 0 saturated carbocycles. The van der Waals surface area contributed by atoms with Gasteiger partial charge in [0.25, 0.3) is 0 Å². The highest BCUT2D eigenvalue weighted by Crippen LogP contribution is 2.30. The molecule has 0 fully saturated rings. The Morgan fingerprint density at radius 2 is 2.16 bits per heavy atom. The van der Waals surface area contributed by atoms with Gasteiger partial charge in [-0.1, -0.05) is 18.5 Å². The number of halogens is 3. The molecule has 0 aliphatic carbocycles. The summed E-state index contributed by atoms with van der Waals surface area (Å²) in [6, 6.07) is 2.04. The van der Waals surface area contributed by atoms with E-state index in [-0.39, 0.29) is 22.2 Å². The van der Waals surface area contributed by atoms with E-state index in [0.29, 0.717) is 12.0 Å². The van der Waals surface area contributed by atoms with Gasteiger partial charge < -0.3 is 10.3 Å². The molecule has 4 nitrogen and oxygen atoms in total. The summed E-state index contributed by atoms with van der Waals surface area (Å²) in [5.74, 6) is -1.47. The number of rotatable bonds is 4. The molecule has 2 aromatic rings. The first-order valence-corrected chi connectivity index (χ1v) is 6.57. The highest BCUT2D eigenvalue weighted by atomic mass is 79.9. The van der Waals surface area contributed by atoms with Crippen LogP contribution in [0.15, 0.2) is 21.1 Å². The maximum atomic E-state index is 13.4. The topological polar surface area (TPSA) is 64.9 Å². The molecule has 0 aliphatic heterocycles. The summed E-state index contributed by atoms with van der Waals surface area (Å²) >= 11 is 2.98. The fourth-order valence-corrected chi connectivity index (χ4v) is 2.13. The minimum absolute atomic E-state index is 0.0380. The van der Waals surface area contributed by atoms with Gasteiger partial charge in [-0.05, 0) is 34.5 Å². The summed E-state index contributed by atoms with van der Waals surface area (Å²) in [4.78, 5) is 4.11. The zero-order chi connectivity index (χ0) is 14.0. The van der Waals surface area contributed by atoms with E-state index >= 15 is 0 Å². The molecule has 0 radical (unpaired) electrons. The summed E-state index contributed by atoms with van der Waals surface area (Å²) in [7, 11) is 0. The fourth-order valence-electron chi connectivity index (χ4n) is 1.63. The summed E-state index contributed by atoms with van der Waals surface area (Å²) in [5, 5.41) is 3.74. The Kier molecular flexibility index (Phi) is 4.26. The molecular formula is C12H12BrF2N3O. The number of aromatic nitrogens is 2. The lowest BCUT2D eigenvalue weighted by molar-refractivity contribution is 0.348. The second-order valence-corrected chi connectivity index (χ2v) is 4.87. The van der Waals surface area contributed by atoms with Crippen LogP contribution in [0.5, 0.6) is 0 Å². The maximum Gasteiger partial charge on any atom is 0.243 e. The third kappa shape index (κ3) is 2.82. The number of nitrogens with two attached hydrogens (primary N) is 1. The fraction of sp³-hybridized carbons (Fsp3) is 0.333. The van der Waals surface area contributed by atoms with Crippen LogP contribution in [0.1, 0.15) is 31.7 Å². The van der Waals surface area contributed by atoms with Crippen molar-refractivity contribution >= 4 is 15.9 Å². The smallest absolute Gasteiger partial charge is 0.243 e. The molecule has 0 unspecified atom stereocenters. The number of hydrogen-bond donors (Lipinski definition) is 1. The molecule has 19 heavy (non-hydrogen) atoms. The van der Waals surface area contributed by atoms with Crippen molar-refractivity contribution in [2.75, 3.05) is 0 Å². The van der Waals surface area contributed by atoms with Crippen LogP contribution in [0.2, 0.25) is 0 Å². The second kappa shape index (κ2) is 5.75. The monoisotopic (exact) mass is 331 g/mol. The van der Waals surface area contributed by atoms with Crippen molar-refractivity contribution in [3.05, 3.63) is 34.1 Å². The number of hydrogen-bond acceptors (Lipinski definition) is 4. The van der Waals surface area contributed by atoms with Gasteiger partial charge in [0.2, 0.25) is 11.7 Å². The molecule has 2 rings (SSSR count). The molecule has 1 aromatic carbocycles. The number of benzene rings is 1. The van der Waals surface area contributed by atoms with Gasteiger partial charge in [0.1, 0.15) is 0 Å². The van der Waals surface area contributed by atoms with E-state index in [9.17, 15) is 8.78 Å². The molecule has 0 spiro atoms. The molecule has 0 saturated heterocycles. The first kappa shape index (κ1) is 14.1. The van der Waals surface area contributed by atoms with E-state index < -0.39 is 11.6 Å². The molecule has 0 aliphatic rings. The molecule has 1 atom stereocenters. The largest absolute Gasteiger partial charge is 0.337 e. The number of nitrogens with zero attached hydrogens (tertiary/aromatic N) is 2. The zero-order valence-corrected chi connectivity index (χ0v) is 11.7. The van der Waals surface area contributed by atoms with Gasteiger partial charge >= 0.3 is 0 Å². The Morgan fingerprint density at radius 1 is 1.42 bits per heavy atom. The first-order chi connectivity index (χ1) is 9.04. The minimum atomic E-state index is -0.985. The zero-order valence-electron chi connectivity index (χ0n) is 10.2. The van der Waals surface area contributed by atoms with E-state index in [2.05, 4.69) is 26.1 Å².